The molecule has 0 bridgehead atoms. The zero-order valence-corrected chi connectivity index (χ0v) is 11.4. The molecule has 0 fully saturated rings. The van der Waals surface area contributed by atoms with E-state index in [0.717, 1.165) is 36.3 Å². The van der Waals surface area contributed by atoms with Gasteiger partial charge in [-0.1, -0.05) is 38.3 Å². The predicted octanol–water partition coefficient (Wildman–Crippen LogP) is 3.86. The van der Waals surface area contributed by atoms with Crippen molar-refractivity contribution in [1.82, 2.24) is 0 Å². The van der Waals surface area contributed by atoms with Gasteiger partial charge in [0, 0.05) is 5.56 Å². The summed E-state index contributed by atoms with van der Waals surface area (Å²) in [5, 5.41) is 9.73. The van der Waals surface area contributed by atoms with Crippen LogP contribution in [0.15, 0.2) is 18.2 Å². The third-order valence-corrected chi connectivity index (χ3v) is 3.24. The molecule has 1 unspecified atom stereocenters. The summed E-state index contributed by atoms with van der Waals surface area (Å²) in [6.07, 6.45) is 1.78. The lowest BCUT2D eigenvalue weighted by atomic mass is 10.0. The molecule has 1 N–H and O–H groups in total. The first-order valence-electron chi connectivity index (χ1n) is 6.49. The number of aliphatic hydroxyl groups is 1. The Balaban J connectivity index is 2.76. The van der Waals surface area contributed by atoms with Gasteiger partial charge in [0.1, 0.15) is 5.75 Å². The first kappa shape index (κ1) is 14.0. The number of aryl methyl sites for hydroxylation is 1. The van der Waals surface area contributed by atoms with Crippen LogP contribution in [0.5, 0.6) is 5.75 Å². The van der Waals surface area contributed by atoms with E-state index in [-0.39, 0.29) is 0 Å². The van der Waals surface area contributed by atoms with Crippen LogP contribution in [0, 0.1) is 12.8 Å². The van der Waals surface area contributed by atoms with Gasteiger partial charge >= 0.3 is 0 Å². The van der Waals surface area contributed by atoms with Crippen LogP contribution in [0.3, 0.4) is 0 Å². The third-order valence-electron chi connectivity index (χ3n) is 3.24. The van der Waals surface area contributed by atoms with Gasteiger partial charge in [0.15, 0.2) is 0 Å². The van der Waals surface area contributed by atoms with Crippen LogP contribution in [-0.4, -0.2) is 11.7 Å². The zero-order valence-electron chi connectivity index (χ0n) is 11.4. The minimum atomic E-state index is -0.480. The molecule has 1 aromatic rings. The molecular formula is C15H24O2. The highest BCUT2D eigenvalue weighted by Gasteiger charge is 2.11. The fourth-order valence-corrected chi connectivity index (χ4v) is 1.86. The Morgan fingerprint density at radius 3 is 2.41 bits per heavy atom. The summed E-state index contributed by atoms with van der Waals surface area (Å²) in [6, 6.07) is 5.97. The second-order valence-electron chi connectivity index (χ2n) is 4.71. The Kier molecular flexibility index (Phi) is 5.49. The summed E-state index contributed by atoms with van der Waals surface area (Å²) in [5.41, 5.74) is 2.03. The minimum Gasteiger partial charge on any atom is -0.493 e. The van der Waals surface area contributed by atoms with Crippen LogP contribution < -0.4 is 4.74 Å². The molecule has 0 saturated carbocycles. The summed E-state index contributed by atoms with van der Waals surface area (Å²) >= 11 is 0. The fourth-order valence-electron chi connectivity index (χ4n) is 1.86. The molecular weight excluding hydrogens is 212 g/mol. The standard InChI is InChI=1S/C15H24O2/c1-5-13(6-2)10-17-15-8-7-11(3)9-14(15)12(4)16/h7-9,12-13,16H,5-6,10H2,1-4H3. The topological polar surface area (TPSA) is 29.5 Å². The second-order valence-corrected chi connectivity index (χ2v) is 4.71. The Labute approximate surface area is 105 Å². The van der Waals surface area contributed by atoms with Gasteiger partial charge in [-0.25, -0.2) is 0 Å². The molecule has 0 spiro atoms. The lowest BCUT2D eigenvalue weighted by molar-refractivity contribution is 0.184. The van der Waals surface area contributed by atoms with Gasteiger partial charge in [0.2, 0.25) is 0 Å². The first-order valence-corrected chi connectivity index (χ1v) is 6.49. The molecule has 0 heterocycles. The summed E-state index contributed by atoms with van der Waals surface area (Å²) in [6.45, 7) is 8.90. The largest absolute Gasteiger partial charge is 0.493 e. The van der Waals surface area contributed by atoms with E-state index in [9.17, 15) is 5.11 Å². The van der Waals surface area contributed by atoms with Crippen LogP contribution in [0.25, 0.3) is 0 Å². The number of ether oxygens (including phenoxy) is 1. The van der Waals surface area contributed by atoms with Crippen molar-refractivity contribution in [3.05, 3.63) is 29.3 Å². The van der Waals surface area contributed by atoms with Gasteiger partial charge in [0.05, 0.1) is 12.7 Å². The molecule has 1 atom stereocenters. The molecule has 0 aliphatic rings. The average molecular weight is 236 g/mol. The van der Waals surface area contributed by atoms with Gasteiger partial charge in [-0.3, -0.25) is 0 Å². The Morgan fingerprint density at radius 2 is 1.88 bits per heavy atom. The van der Waals surface area contributed by atoms with Crippen molar-refractivity contribution in [2.45, 2.75) is 46.6 Å². The molecule has 0 radical (unpaired) electrons. The van der Waals surface area contributed by atoms with E-state index in [0.29, 0.717) is 5.92 Å². The summed E-state index contributed by atoms with van der Waals surface area (Å²) in [7, 11) is 0. The van der Waals surface area contributed by atoms with Crippen molar-refractivity contribution >= 4 is 0 Å². The van der Waals surface area contributed by atoms with E-state index in [1.165, 1.54) is 0 Å². The highest BCUT2D eigenvalue weighted by Crippen LogP contribution is 2.27. The molecule has 2 heteroatoms. The van der Waals surface area contributed by atoms with Crippen molar-refractivity contribution in [3.63, 3.8) is 0 Å². The molecule has 2 nitrogen and oxygen atoms in total. The Hall–Kier alpha value is -1.02. The SMILES string of the molecule is CCC(CC)COc1ccc(C)cc1C(C)O. The number of hydrogen-bond donors (Lipinski definition) is 1. The summed E-state index contributed by atoms with van der Waals surface area (Å²) < 4.78 is 5.84. The maximum Gasteiger partial charge on any atom is 0.125 e. The molecule has 0 aromatic heterocycles. The predicted molar refractivity (Wildman–Crippen MR) is 71.4 cm³/mol. The first-order chi connectivity index (χ1) is 8.08. The average Bonchev–Trinajstić information content (AvgIpc) is 2.31. The van der Waals surface area contributed by atoms with E-state index >= 15 is 0 Å². The van der Waals surface area contributed by atoms with Crippen LogP contribution in [0.1, 0.15) is 50.8 Å². The highest BCUT2D eigenvalue weighted by molar-refractivity contribution is 5.38. The van der Waals surface area contributed by atoms with E-state index < -0.39 is 6.10 Å². The number of benzene rings is 1. The quantitative estimate of drug-likeness (QED) is 0.812. The van der Waals surface area contributed by atoms with Crippen LogP contribution in [-0.2, 0) is 0 Å². The van der Waals surface area contributed by atoms with Crippen molar-refractivity contribution < 1.29 is 9.84 Å². The van der Waals surface area contributed by atoms with Gasteiger partial charge in [-0.15, -0.1) is 0 Å². The van der Waals surface area contributed by atoms with E-state index in [2.05, 4.69) is 13.8 Å². The van der Waals surface area contributed by atoms with Gasteiger partial charge < -0.3 is 9.84 Å². The minimum absolute atomic E-state index is 0.480. The Morgan fingerprint density at radius 1 is 1.24 bits per heavy atom. The molecule has 1 rings (SSSR count). The van der Waals surface area contributed by atoms with Gasteiger partial charge in [0.25, 0.3) is 0 Å². The van der Waals surface area contributed by atoms with Gasteiger partial charge in [-0.05, 0) is 31.9 Å². The Bertz CT molecular complexity index is 341. The maximum atomic E-state index is 9.73. The van der Waals surface area contributed by atoms with Crippen LogP contribution in [0.4, 0.5) is 0 Å². The molecule has 1 aromatic carbocycles. The summed E-state index contributed by atoms with van der Waals surface area (Å²) in [5.74, 6) is 1.41. The molecule has 0 amide bonds. The molecule has 96 valence electrons. The fraction of sp³-hybridized carbons (Fsp3) is 0.600. The van der Waals surface area contributed by atoms with Crippen LogP contribution in [0.2, 0.25) is 0 Å². The molecule has 0 aliphatic heterocycles. The van der Waals surface area contributed by atoms with E-state index in [1.807, 2.05) is 25.1 Å². The second kappa shape index (κ2) is 6.65. The van der Waals surface area contributed by atoms with E-state index in [4.69, 9.17) is 4.74 Å². The zero-order chi connectivity index (χ0) is 12.8. The molecule has 17 heavy (non-hydrogen) atoms. The normalized spacial score (nSPS) is 12.8. The van der Waals surface area contributed by atoms with Crippen LogP contribution >= 0.6 is 0 Å². The number of hydrogen-bond acceptors (Lipinski definition) is 2. The number of rotatable bonds is 6. The van der Waals surface area contributed by atoms with Crippen molar-refractivity contribution in [3.8, 4) is 5.75 Å². The van der Waals surface area contributed by atoms with Crippen molar-refractivity contribution in [2.24, 2.45) is 5.92 Å². The smallest absolute Gasteiger partial charge is 0.125 e. The highest BCUT2D eigenvalue weighted by atomic mass is 16.5. The van der Waals surface area contributed by atoms with Crippen molar-refractivity contribution in [1.29, 1.82) is 0 Å². The lowest BCUT2D eigenvalue weighted by Crippen LogP contribution is -2.11. The van der Waals surface area contributed by atoms with Crippen molar-refractivity contribution in [2.75, 3.05) is 6.61 Å². The third kappa shape index (κ3) is 4.04. The number of aliphatic hydroxyl groups excluding tert-OH is 1. The monoisotopic (exact) mass is 236 g/mol. The lowest BCUT2D eigenvalue weighted by Gasteiger charge is -2.17. The van der Waals surface area contributed by atoms with Gasteiger partial charge in [-0.2, -0.15) is 0 Å². The molecule has 0 saturated heterocycles. The molecule has 0 aliphatic carbocycles. The maximum absolute atomic E-state index is 9.73. The summed E-state index contributed by atoms with van der Waals surface area (Å²) in [4.78, 5) is 0. The van der Waals surface area contributed by atoms with E-state index in [1.54, 1.807) is 6.92 Å².